The van der Waals surface area contributed by atoms with Crippen molar-refractivity contribution in [3.05, 3.63) is 29.0 Å². The van der Waals surface area contributed by atoms with E-state index in [0.717, 1.165) is 27.3 Å². The Morgan fingerprint density at radius 2 is 2.12 bits per heavy atom. The van der Waals surface area contributed by atoms with Crippen molar-refractivity contribution in [2.75, 3.05) is 0 Å². The Morgan fingerprint density at radius 1 is 1.29 bits per heavy atom. The summed E-state index contributed by atoms with van der Waals surface area (Å²) in [5, 5.41) is 4.26. The zero-order valence-electron chi connectivity index (χ0n) is 9.42. The molecule has 0 aliphatic heterocycles. The molecule has 0 fully saturated rings. The molecule has 3 rings (SSSR count). The number of rotatable bonds is 1. The lowest BCUT2D eigenvalue weighted by Gasteiger charge is -2.01. The highest BCUT2D eigenvalue weighted by Crippen LogP contribution is 2.24. The summed E-state index contributed by atoms with van der Waals surface area (Å²) in [5.74, 6) is 0.861. The van der Waals surface area contributed by atoms with Gasteiger partial charge in [0.25, 0.3) is 0 Å². The van der Waals surface area contributed by atoms with Crippen molar-refractivity contribution < 1.29 is 0 Å². The molecule has 0 bridgehead atoms. The summed E-state index contributed by atoms with van der Waals surface area (Å²) in [4.78, 5) is 8.78. The Bertz CT molecular complexity index is 697. The van der Waals surface area contributed by atoms with Crippen LogP contribution in [-0.2, 0) is 14.1 Å². The zero-order valence-corrected chi connectivity index (χ0v) is 11.0. The number of imidazole rings is 1. The van der Waals surface area contributed by atoms with Crippen LogP contribution in [0.25, 0.3) is 22.7 Å². The number of hydrogen-bond donors (Lipinski definition) is 0. The van der Waals surface area contributed by atoms with Crippen molar-refractivity contribution in [1.29, 1.82) is 0 Å². The van der Waals surface area contributed by atoms with Gasteiger partial charge in [-0.25, -0.2) is 9.97 Å². The normalized spacial score (nSPS) is 11.2. The van der Waals surface area contributed by atoms with Crippen molar-refractivity contribution in [2.45, 2.75) is 0 Å². The number of aryl methyl sites for hydroxylation is 2. The van der Waals surface area contributed by atoms with Crippen LogP contribution in [0.15, 0.2) is 29.0 Å². The lowest BCUT2D eigenvalue weighted by molar-refractivity contribution is 0.757. The number of fused-ring (bicyclic) bond motifs is 1. The van der Waals surface area contributed by atoms with Gasteiger partial charge in [0, 0.05) is 26.4 Å². The van der Waals surface area contributed by atoms with Crippen molar-refractivity contribution in [3.63, 3.8) is 0 Å². The van der Waals surface area contributed by atoms with Gasteiger partial charge in [-0.15, -0.1) is 0 Å². The average molecular weight is 292 g/mol. The minimum atomic E-state index is 0.752. The first-order chi connectivity index (χ1) is 8.16. The van der Waals surface area contributed by atoms with Gasteiger partial charge in [-0.05, 0) is 28.1 Å². The second kappa shape index (κ2) is 3.66. The second-order valence-corrected chi connectivity index (χ2v) is 4.63. The van der Waals surface area contributed by atoms with Crippen LogP contribution in [0.3, 0.4) is 0 Å². The van der Waals surface area contributed by atoms with E-state index >= 15 is 0 Å². The topological polar surface area (TPSA) is 48.5 Å². The molecule has 0 spiro atoms. The molecule has 86 valence electrons. The van der Waals surface area contributed by atoms with E-state index in [2.05, 4.69) is 31.0 Å². The minimum absolute atomic E-state index is 0.752. The number of halogens is 1. The van der Waals surface area contributed by atoms with E-state index < -0.39 is 0 Å². The SMILES string of the molecule is Cn1nc(Br)cc1-c1nc2ncccc2n1C. The van der Waals surface area contributed by atoms with E-state index in [1.165, 1.54) is 0 Å². The quantitative estimate of drug-likeness (QED) is 0.690. The van der Waals surface area contributed by atoms with Gasteiger partial charge in [0.2, 0.25) is 0 Å². The molecule has 3 aromatic rings. The van der Waals surface area contributed by atoms with Gasteiger partial charge >= 0.3 is 0 Å². The van der Waals surface area contributed by atoms with Crippen LogP contribution in [0.1, 0.15) is 0 Å². The summed E-state index contributed by atoms with van der Waals surface area (Å²) in [6, 6.07) is 5.86. The molecule has 3 aromatic heterocycles. The molecule has 0 amide bonds. The molecule has 6 heteroatoms. The third-order valence-corrected chi connectivity index (χ3v) is 3.12. The van der Waals surface area contributed by atoms with E-state index in [1.54, 1.807) is 10.9 Å². The van der Waals surface area contributed by atoms with Gasteiger partial charge < -0.3 is 4.57 Å². The van der Waals surface area contributed by atoms with E-state index in [0.29, 0.717) is 0 Å². The van der Waals surface area contributed by atoms with Gasteiger partial charge in [-0.3, -0.25) is 4.68 Å². The Hall–Kier alpha value is -1.69. The Morgan fingerprint density at radius 3 is 2.76 bits per heavy atom. The fourth-order valence-electron chi connectivity index (χ4n) is 1.90. The van der Waals surface area contributed by atoms with Crippen LogP contribution >= 0.6 is 15.9 Å². The van der Waals surface area contributed by atoms with Crippen LogP contribution < -0.4 is 0 Å². The number of aromatic nitrogens is 5. The summed E-state index contributed by atoms with van der Waals surface area (Å²) in [7, 11) is 3.88. The van der Waals surface area contributed by atoms with Gasteiger partial charge in [-0.2, -0.15) is 5.10 Å². The molecule has 0 aliphatic rings. The van der Waals surface area contributed by atoms with Gasteiger partial charge in [0.05, 0.1) is 5.52 Å². The zero-order chi connectivity index (χ0) is 12.0. The van der Waals surface area contributed by atoms with Crippen molar-refractivity contribution in [3.8, 4) is 11.5 Å². The first-order valence-corrected chi connectivity index (χ1v) is 5.93. The molecule has 5 nitrogen and oxygen atoms in total. The van der Waals surface area contributed by atoms with Gasteiger partial charge in [0.15, 0.2) is 11.5 Å². The summed E-state index contributed by atoms with van der Waals surface area (Å²) < 4.78 is 4.62. The summed E-state index contributed by atoms with van der Waals surface area (Å²) in [5.41, 5.74) is 2.72. The largest absolute Gasteiger partial charge is 0.324 e. The van der Waals surface area contributed by atoms with E-state index in [4.69, 9.17) is 0 Å². The van der Waals surface area contributed by atoms with E-state index in [9.17, 15) is 0 Å². The third-order valence-electron chi connectivity index (χ3n) is 2.74. The maximum Gasteiger partial charge on any atom is 0.178 e. The highest BCUT2D eigenvalue weighted by Gasteiger charge is 2.14. The smallest absolute Gasteiger partial charge is 0.178 e. The van der Waals surface area contributed by atoms with E-state index in [-0.39, 0.29) is 0 Å². The predicted molar refractivity (Wildman–Crippen MR) is 68.4 cm³/mol. The first-order valence-electron chi connectivity index (χ1n) is 5.14. The lowest BCUT2D eigenvalue weighted by atomic mass is 10.4. The Balaban J connectivity index is 2.31. The molecular weight excluding hydrogens is 282 g/mol. The molecule has 0 unspecified atom stereocenters. The predicted octanol–water partition coefficient (Wildman–Crippen LogP) is 2.13. The fourth-order valence-corrected chi connectivity index (χ4v) is 2.35. The summed E-state index contributed by atoms with van der Waals surface area (Å²) in [6.45, 7) is 0. The maximum absolute atomic E-state index is 4.53. The number of nitrogens with zero attached hydrogens (tertiary/aromatic N) is 5. The number of hydrogen-bond acceptors (Lipinski definition) is 3. The molecule has 0 aliphatic carbocycles. The van der Waals surface area contributed by atoms with Crippen LogP contribution in [0.5, 0.6) is 0 Å². The second-order valence-electron chi connectivity index (χ2n) is 3.82. The average Bonchev–Trinajstić information content (AvgIpc) is 2.80. The van der Waals surface area contributed by atoms with Crippen molar-refractivity contribution >= 4 is 27.1 Å². The van der Waals surface area contributed by atoms with Crippen molar-refractivity contribution in [2.24, 2.45) is 14.1 Å². The molecule has 0 radical (unpaired) electrons. The minimum Gasteiger partial charge on any atom is -0.324 e. The number of pyridine rings is 1. The van der Waals surface area contributed by atoms with Gasteiger partial charge in [0.1, 0.15) is 10.3 Å². The van der Waals surface area contributed by atoms with Crippen LogP contribution in [0.2, 0.25) is 0 Å². The molecule has 0 saturated heterocycles. The lowest BCUT2D eigenvalue weighted by Crippen LogP contribution is -1.99. The van der Waals surface area contributed by atoms with Crippen LogP contribution in [0, 0.1) is 0 Å². The van der Waals surface area contributed by atoms with Gasteiger partial charge in [-0.1, -0.05) is 0 Å². The molecule has 0 N–H and O–H groups in total. The Kier molecular flexibility index (Phi) is 2.25. The van der Waals surface area contributed by atoms with E-state index in [1.807, 2.05) is 36.9 Å². The fraction of sp³-hybridized carbons (Fsp3) is 0.182. The molecule has 0 saturated carbocycles. The molecule has 3 heterocycles. The van der Waals surface area contributed by atoms with Crippen LogP contribution in [-0.4, -0.2) is 24.3 Å². The molecule has 0 aromatic carbocycles. The highest BCUT2D eigenvalue weighted by molar-refractivity contribution is 9.10. The Labute approximate surface area is 106 Å². The maximum atomic E-state index is 4.53. The van der Waals surface area contributed by atoms with Crippen molar-refractivity contribution in [1.82, 2.24) is 24.3 Å². The standard InChI is InChI=1S/C11H10BrN5/c1-16-7-4-3-5-13-10(7)14-11(16)8-6-9(12)15-17(8)2/h3-6H,1-2H3. The molecule has 17 heavy (non-hydrogen) atoms. The summed E-state index contributed by atoms with van der Waals surface area (Å²) >= 11 is 3.36. The summed E-state index contributed by atoms with van der Waals surface area (Å²) in [6.07, 6.45) is 1.75. The monoisotopic (exact) mass is 291 g/mol. The molecule has 0 atom stereocenters. The first kappa shape index (κ1) is 10.5. The third kappa shape index (κ3) is 1.56. The van der Waals surface area contributed by atoms with Crippen LogP contribution in [0.4, 0.5) is 0 Å². The molecular formula is C11H10BrN5. The highest BCUT2D eigenvalue weighted by atomic mass is 79.9.